The van der Waals surface area contributed by atoms with Gasteiger partial charge in [0.2, 0.25) is 0 Å². The third-order valence-electron chi connectivity index (χ3n) is 3.05. The number of ether oxygens (including phenoxy) is 2. The molecule has 0 amide bonds. The number of rotatable bonds is 8. The van der Waals surface area contributed by atoms with Crippen LogP contribution in [-0.2, 0) is 6.42 Å². The zero-order valence-corrected chi connectivity index (χ0v) is 12.9. The smallest absolute Gasteiger partial charge is 0.142 e. The van der Waals surface area contributed by atoms with E-state index < -0.39 is 0 Å². The topological polar surface area (TPSA) is 43.6 Å². The van der Waals surface area contributed by atoms with Gasteiger partial charge in [0.05, 0.1) is 25.2 Å². The van der Waals surface area contributed by atoms with Gasteiger partial charge in [0.15, 0.2) is 0 Å². The molecular weight excluding hydrogens is 266 g/mol. The van der Waals surface area contributed by atoms with Crippen LogP contribution in [0.15, 0.2) is 41.0 Å². The first kappa shape index (κ1) is 15.3. The van der Waals surface area contributed by atoms with Crippen LogP contribution in [0.4, 0.5) is 5.69 Å². The molecule has 0 radical (unpaired) electrons. The maximum absolute atomic E-state index is 5.66. The molecule has 0 aliphatic carbocycles. The number of benzene rings is 1. The summed E-state index contributed by atoms with van der Waals surface area (Å²) in [7, 11) is 0. The molecule has 1 atom stereocenters. The highest BCUT2D eigenvalue weighted by Crippen LogP contribution is 2.30. The van der Waals surface area contributed by atoms with E-state index in [1.165, 1.54) is 0 Å². The van der Waals surface area contributed by atoms with Crippen molar-refractivity contribution in [3.63, 3.8) is 0 Å². The van der Waals surface area contributed by atoms with Crippen molar-refractivity contribution < 1.29 is 13.9 Å². The highest BCUT2D eigenvalue weighted by Gasteiger charge is 2.11. The molecule has 1 aromatic heterocycles. The molecule has 0 aliphatic heterocycles. The van der Waals surface area contributed by atoms with Gasteiger partial charge in [-0.15, -0.1) is 0 Å². The number of hydrogen-bond donors (Lipinski definition) is 1. The van der Waals surface area contributed by atoms with Crippen LogP contribution in [0.5, 0.6) is 11.5 Å². The van der Waals surface area contributed by atoms with Gasteiger partial charge in [0.1, 0.15) is 17.3 Å². The van der Waals surface area contributed by atoms with Gasteiger partial charge >= 0.3 is 0 Å². The molecule has 0 aliphatic rings. The van der Waals surface area contributed by atoms with Gasteiger partial charge in [0, 0.05) is 18.5 Å². The Hall–Kier alpha value is -2.10. The average molecular weight is 289 g/mol. The average Bonchev–Trinajstić information content (AvgIpc) is 2.95. The van der Waals surface area contributed by atoms with E-state index in [1.807, 2.05) is 44.2 Å². The van der Waals surface area contributed by atoms with Gasteiger partial charge in [-0.25, -0.2) is 0 Å². The zero-order chi connectivity index (χ0) is 15.1. The summed E-state index contributed by atoms with van der Waals surface area (Å²) >= 11 is 0. The summed E-state index contributed by atoms with van der Waals surface area (Å²) in [5.74, 6) is 2.65. The van der Waals surface area contributed by atoms with Crippen molar-refractivity contribution in [1.29, 1.82) is 0 Å². The Labute approximate surface area is 126 Å². The molecule has 0 bridgehead atoms. The third-order valence-corrected chi connectivity index (χ3v) is 3.05. The first-order valence-electron chi connectivity index (χ1n) is 7.41. The second-order valence-electron chi connectivity index (χ2n) is 4.85. The monoisotopic (exact) mass is 289 g/mol. The summed E-state index contributed by atoms with van der Waals surface area (Å²) in [6.45, 7) is 7.35. The molecule has 1 unspecified atom stereocenters. The van der Waals surface area contributed by atoms with Gasteiger partial charge in [-0.2, -0.15) is 0 Å². The Morgan fingerprint density at radius 2 is 1.95 bits per heavy atom. The Balaban J connectivity index is 2.09. The molecule has 1 aromatic carbocycles. The van der Waals surface area contributed by atoms with Gasteiger partial charge in [-0.05, 0) is 45.0 Å². The van der Waals surface area contributed by atoms with Gasteiger partial charge in [-0.3, -0.25) is 0 Å². The fraction of sp³-hybridized carbons (Fsp3) is 0.412. The largest absolute Gasteiger partial charge is 0.494 e. The summed E-state index contributed by atoms with van der Waals surface area (Å²) < 4.78 is 16.6. The standard InChI is InChI=1S/C17H23NO3/c1-4-19-15-8-9-17(20-5-2)16(12-15)18-13(3)11-14-7-6-10-21-14/h6-10,12-13,18H,4-5,11H2,1-3H3. The molecular formula is C17H23NO3. The summed E-state index contributed by atoms with van der Waals surface area (Å²) in [5, 5.41) is 3.47. The quantitative estimate of drug-likeness (QED) is 0.794. The first-order chi connectivity index (χ1) is 10.2. The lowest BCUT2D eigenvalue weighted by atomic mass is 10.1. The molecule has 2 aromatic rings. The Morgan fingerprint density at radius 1 is 1.14 bits per heavy atom. The van der Waals surface area contributed by atoms with Crippen LogP contribution in [0.2, 0.25) is 0 Å². The number of furan rings is 1. The van der Waals surface area contributed by atoms with E-state index in [0.29, 0.717) is 13.2 Å². The van der Waals surface area contributed by atoms with Crippen molar-refractivity contribution in [1.82, 2.24) is 0 Å². The maximum Gasteiger partial charge on any atom is 0.142 e. The van der Waals surface area contributed by atoms with Crippen molar-refractivity contribution in [3.8, 4) is 11.5 Å². The maximum atomic E-state index is 5.66. The van der Waals surface area contributed by atoms with Crippen molar-refractivity contribution in [2.75, 3.05) is 18.5 Å². The number of anilines is 1. The molecule has 0 spiro atoms. The third kappa shape index (κ3) is 4.45. The van der Waals surface area contributed by atoms with Gasteiger partial charge in [-0.1, -0.05) is 0 Å². The summed E-state index contributed by atoms with van der Waals surface area (Å²) in [5.41, 5.74) is 0.946. The fourth-order valence-electron chi connectivity index (χ4n) is 2.21. The van der Waals surface area contributed by atoms with Crippen molar-refractivity contribution >= 4 is 5.69 Å². The normalized spacial score (nSPS) is 12.0. The SMILES string of the molecule is CCOc1ccc(OCC)c(NC(C)Cc2ccco2)c1. The van der Waals surface area contributed by atoms with Crippen LogP contribution >= 0.6 is 0 Å². The van der Waals surface area contributed by atoms with Gasteiger partial charge in [0.25, 0.3) is 0 Å². The van der Waals surface area contributed by atoms with Crippen LogP contribution in [0.25, 0.3) is 0 Å². The summed E-state index contributed by atoms with van der Waals surface area (Å²) in [6, 6.07) is 9.97. The van der Waals surface area contributed by atoms with E-state index in [1.54, 1.807) is 6.26 Å². The van der Waals surface area contributed by atoms with E-state index in [4.69, 9.17) is 13.9 Å². The molecule has 4 nitrogen and oxygen atoms in total. The zero-order valence-electron chi connectivity index (χ0n) is 12.9. The molecule has 21 heavy (non-hydrogen) atoms. The highest BCUT2D eigenvalue weighted by molar-refractivity contribution is 5.60. The summed E-state index contributed by atoms with van der Waals surface area (Å²) in [4.78, 5) is 0. The second kappa shape index (κ2) is 7.62. The Morgan fingerprint density at radius 3 is 2.62 bits per heavy atom. The minimum absolute atomic E-state index is 0.229. The molecule has 4 heteroatoms. The van der Waals surface area contributed by atoms with Crippen molar-refractivity contribution in [2.45, 2.75) is 33.2 Å². The number of nitrogens with one attached hydrogen (secondary N) is 1. The molecule has 0 saturated carbocycles. The molecule has 2 rings (SSSR count). The van der Waals surface area contributed by atoms with Crippen LogP contribution in [0.3, 0.4) is 0 Å². The minimum Gasteiger partial charge on any atom is -0.494 e. The molecule has 0 saturated heterocycles. The molecule has 0 fully saturated rings. The second-order valence-corrected chi connectivity index (χ2v) is 4.85. The predicted octanol–water partition coefficient (Wildman–Crippen LogP) is 4.12. The first-order valence-corrected chi connectivity index (χ1v) is 7.41. The Kier molecular flexibility index (Phi) is 5.55. The lowest BCUT2D eigenvalue weighted by molar-refractivity contribution is 0.331. The van der Waals surface area contributed by atoms with Crippen LogP contribution < -0.4 is 14.8 Å². The number of hydrogen-bond acceptors (Lipinski definition) is 4. The van der Waals surface area contributed by atoms with E-state index in [0.717, 1.165) is 29.4 Å². The van der Waals surface area contributed by atoms with Crippen LogP contribution in [0, 0.1) is 0 Å². The lowest BCUT2D eigenvalue weighted by Gasteiger charge is -2.18. The molecule has 1 heterocycles. The fourth-order valence-corrected chi connectivity index (χ4v) is 2.21. The van der Waals surface area contributed by atoms with Gasteiger partial charge < -0.3 is 19.2 Å². The van der Waals surface area contributed by atoms with Crippen LogP contribution in [-0.4, -0.2) is 19.3 Å². The Bertz CT molecular complexity index is 537. The molecule has 1 N–H and O–H groups in total. The van der Waals surface area contributed by atoms with E-state index >= 15 is 0 Å². The molecule has 114 valence electrons. The van der Waals surface area contributed by atoms with Crippen LogP contribution in [0.1, 0.15) is 26.5 Å². The predicted molar refractivity (Wildman–Crippen MR) is 84.3 cm³/mol. The van der Waals surface area contributed by atoms with E-state index in [-0.39, 0.29) is 6.04 Å². The van der Waals surface area contributed by atoms with Crippen molar-refractivity contribution in [2.24, 2.45) is 0 Å². The van der Waals surface area contributed by atoms with E-state index in [2.05, 4.69) is 12.2 Å². The van der Waals surface area contributed by atoms with Crippen molar-refractivity contribution in [3.05, 3.63) is 42.4 Å². The minimum atomic E-state index is 0.229. The highest BCUT2D eigenvalue weighted by atomic mass is 16.5. The van der Waals surface area contributed by atoms with E-state index in [9.17, 15) is 0 Å². The lowest BCUT2D eigenvalue weighted by Crippen LogP contribution is -2.18. The summed E-state index contributed by atoms with van der Waals surface area (Å²) in [6.07, 6.45) is 2.51.